The van der Waals surface area contributed by atoms with Crippen molar-refractivity contribution in [1.29, 1.82) is 0 Å². The summed E-state index contributed by atoms with van der Waals surface area (Å²) < 4.78 is 5.70. The van der Waals surface area contributed by atoms with E-state index in [9.17, 15) is 4.79 Å². The smallest absolute Gasteiger partial charge is 0.300 e. The molecule has 5 heteroatoms. The van der Waals surface area contributed by atoms with Gasteiger partial charge in [0.25, 0.3) is 11.9 Å². The maximum absolute atomic E-state index is 12.7. The summed E-state index contributed by atoms with van der Waals surface area (Å²) >= 11 is 0. The van der Waals surface area contributed by atoms with E-state index in [-0.39, 0.29) is 5.91 Å². The molecule has 0 aliphatic carbocycles. The van der Waals surface area contributed by atoms with Gasteiger partial charge in [-0.25, -0.2) is 0 Å². The van der Waals surface area contributed by atoms with E-state index >= 15 is 0 Å². The van der Waals surface area contributed by atoms with Crippen molar-refractivity contribution < 1.29 is 9.21 Å². The molecular weight excluding hydrogens is 386 g/mol. The lowest BCUT2D eigenvalue weighted by atomic mass is 10.0. The van der Waals surface area contributed by atoms with Crippen molar-refractivity contribution in [2.75, 3.05) is 10.6 Å². The Hall–Kier alpha value is -4.38. The largest absolute Gasteiger partial charge is 0.423 e. The number of rotatable bonds is 5. The molecule has 5 rings (SSSR count). The van der Waals surface area contributed by atoms with Crippen molar-refractivity contribution in [3.63, 3.8) is 0 Å². The zero-order valence-electron chi connectivity index (χ0n) is 16.6. The molecule has 0 aliphatic heterocycles. The van der Waals surface area contributed by atoms with E-state index in [0.29, 0.717) is 22.8 Å². The topological polar surface area (TPSA) is 67.2 Å². The molecule has 0 fully saturated rings. The van der Waals surface area contributed by atoms with Crippen molar-refractivity contribution in [2.24, 2.45) is 0 Å². The second-order valence-corrected chi connectivity index (χ2v) is 7.09. The van der Waals surface area contributed by atoms with Crippen LogP contribution in [0.25, 0.3) is 22.2 Å². The van der Waals surface area contributed by atoms with Gasteiger partial charge in [0, 0.05) is 16.9 Å². The number of nitrogens with one attached hydrogen (secondary N) is 2. The number of para-hydroxylation sites is 2. The summed E-state index contributed by atoms with van der Waals surface area (Å²) in [4.78, 5) is 17.1. The van der Waals surface area contributed by atoms with Gasteiger partial charge in [0.2, 0.25) is 0 Å². The molecule has 5 nitrogen and oxygen atoms in total. The summed E-state index contributed by atoms with van der Waals surface area (Å²) in [6.45, 7) is 0. The van der Waals surface area contributed by atoms with Crippen LogP contribution < -0.4 is 10.6 Å². The van der Waals surface area contributed by atoms with Crippen LogP contribution in [0, 0.1) is 0 Å². The summed E-state index contributed by atoms with van der Waals surface area (Å²) in [7, 11) is 0. The minimum Gasteiger partial charge on any atom is -0.423 e. The molecule has 1 aromatic heterocycles. The third-order valence-corrected chi connectivity index (χ3v) is 4.92. The number of carbonyl (C=O) groups is 1. The Kier molecular flexibility index (Phi) is 4.91. The number of oxazole rings is 1. The predicted molar refractivity (Wildman–Crippen MR) is 124 cm³/mol. The van der Waals surface area contributed by atoms with Crippen LogP contribution in [0.15, 0.2) is 108 Å². The van der Waals surface area contributed by atoms with Crippen LogP contribution in [-0.2, 0) is 0 Å². The molecule has 0 spiro atoms. The quantitative estimate of drug-likeness (QED) is 0.351. The van der Waals surface area contributed by atoms with Gasteiger partial charge in [0.05, 0.1) is 0 Å². The molecule has 2 N–H and O–H groups in total. The van der Waals surface area contributed by atoms with Gasteiger partial charge in [0.15, 0.2) is 5.58 Å². The number of benzene rings is 4. The first-order chi connectivity index (χ1) is 15.2. The number of hydrogen-bond acceptors (Lipinski definition) is 4. The molecule has 4 aromatic carbocycles. The number of nitrogens with zero attached hydrogens (tertiary/aromatic N) is 1. The normalized spacial score (nSPS) is 10.7. The molecule has 0 atom stereocenters. The van der Waals surface area contributed by atoms with Crippen LogP contribution in [-0.4, -0.2) is 10.9 Å². The van der Waals surface area contributed by atoms with Crippen LogP contribution in [0.3, 0.4) is 0 Å². The average Bonchev–Trinajstić information content (AvgIpc) is 3.22. The van der Waals surface area contributed by atoms with Crippen LogP contribution >= 0.6 is 0 Å². The Balaban J connectivity index is 1.29. The molecule has 0 saturated carbocycles. The Morgan fingerprint density at radius 1 is 0.710 bits per heavy atom. The van der Waals surface area contributed by atoms with Crippen LogP contribution in [0.2, 0.25) is 0 Å². The molecule has 31 heavy (non-hydrogen) atoms. The fourth-order valence-corrected chi connectivity index (χ4v) is 3.37. The summed E-state index contributed by atoms with van der Waals surface area (Å²) in [5.41, 5.74) is 5.73. The predicted octanol–water partition coefficient (Wildman–Crippen LogP) is 6.49. The number of amides is 1. The lowest BCUT2D eigenvalue weighted by Crippen LogP contribution is -2.11. The minimum absolute atomic E-state index is 0.168. The van der Waals surface area contributed by atoms with Gasteiger partial charge in [-0.1, -0.05) is 60.7 Å². The standard InChI is InChI=1S/C26H19N3O2/c30-25(20-15-13-19(14-16-20)18-7-2-1-3-8-18)27-21-9-6-10-22(17-21)28-26-29-23-11-4-5-12-24(23)31-26/h1-17H,(H,27,30)(H,28,29). The zero-order chi connectivity index (χ0) is 21.0. The van der Waals surface area contributed by atoms with E-state index in [1.807, 2.05) is 103 Å². The first kappa shape index (κ1) is 18.6. The first-order valence-corrected chi connectivity index (χ1v) is 9.94. The summed E-state index contributed by atoms with van der Waals surface area (Å²) in [6, 6.07) is 33.1. The van der Waals surface area contributed by atoms with Crippen LogP contribution in [0.5, 0.6) is 0 Å². The van der Waals surface area contributed by atoms with Gasteiger partial charge in [-0.15, -0.1) is 0 Å². The van der Waals surface area contributed by atoms with Crippen molar-refractivity contribution in [2.45, 2.75) is 0 Å². The Morgan fingerprint density at radius 2 is 1.42 bits per heavy atom. The highest BCUT2D eigenvalue weighted by atomic mass is 16.4. The van der Waals surface area contributed by atoms with E-state index in [2.05, 4.69) is 15.6 Å². The lowest BCUT2D eigenvalue weighted by molar-refractivity contribution is 0.102. The van der Waals surface area contributed by atoms with E-state index < -0.39 is 0 Å². The maximum atomic E-state index is 12.7. The monoisotopic (exact) mass is 405 g/mol. The summed E-state index contributed by atoms with van der Waals surface area (Å²) in [5.74, 6) is -0.168. The van der Waals surface area contributed by atoms with Crippen molar-refractivity contribution >= 4 is 34.4 Å². The second-order valence-electron chi connectivity index (χ2n) is 7.09. The zero-order valence-corrected chi connectivity index (χ0v) is 16.6. The number of aromatic nitrogens is 1. The van der Waals surface area contributed by atoms with Gasteiger partial charge >= 0.3 is 0 Å². The van der Waals surface area contributed by atoms with Crippen molar-refractivity contribution in [3.05, 3.63) is 109 Å². The van der Waals surface area contributed by atoms with Gasteiger partial charge in [-0.3, -0.25) is 4.79 Å². The highest BCUT2D eigenvalue weighted by Crippen LogP contribution is 2.24. The SMILES string of the molecule is O=C(Nc1cccc(Nc2nc3ccccc3o2)c1)c1ccc(-c2ccccc2)cc1. The molecule has 0 radical (unpaired) electrons. The van der Waals surface area contributed by atoms with E-state index in [0.717, 1.165) is 22.3 Å². The number of anilines is 3. The molecule has 0 aliphatic rings. The minimum atomic E-state index is -0.168. The Labute approximate surface area is 179 Å². The van der Waals surface area contributed by atoms with E-state index in [4.69, 9.17) is 4.42 Å². The van der Waals surface area contributed by atoms with Crippen molar-refractivity contribution in [3.8, 4) is 11.1 Å². The molecule has 1 heterocycles. The number of fused-ring (bicyclic) bond motifs is 1. The average molecular weight is 405 g/mol. The third kappa shape index (κ3) is 4.16. The molecule has 1 amide bonds. The molecule has 0 bridgehead atoms. The van der Waals surface area contributed by atoms with Gasteiger partial charge < -0.3 is 15.1 Å². The Bertz CT molecular complexity index is 1310. The number of carbonyl (C=O) groups excluding carboxylic acids is 1. The van der Waals surface area contributed by atoms with Gasteiger partial charge in [-0.2, -0.15) is 4.98 Å². The fraction of sp³-hybridized carbons (Fsp3) is 0. The summed E-state index contributed by atoms with van der Waals surface area (Å²) in [5, 5.41) is 6.08. The highest BCUT2D eigenvalue weighted by Gasteiger charge is 2.09. The third-order valence-electron chi connectivity index (χ3n) is 4.92. The molecule has 0 unspecified atom stereocenters. The summed E-state index contributed by atoms with van der Waals surface area (Å²) in [6.07, 6.45) is 0. The maximum Gasteiger partial charge on any atom is 0.300 e. The Morgan fingerprint density at radius 3 is 2.23 bits per heavy atom. The molecule has 150 valence electrons. The molecule has 0 saturated heterocycles. The molecular formula is C26H19N3O2. The number of hydrogen-bond donors (Lipinski definition) is 2. The molecule has 5 aromatic rings. The lowest BCUT2D eigenvalue weighted by Gasteiger charge is -2.08. The first-order valence-electron chi connectivity index (χ1n) is 9.94. The van der Waals surface area contributed by atoms with Gasteiger partial charge in [0.1, 0.15) is 5.52 Å². The van der Waals surface area contributed by atoms with E-state index in [1.165, 1.54) is 0 Å². The van der Waals surface area contributed by atoms with Gasteiger partial charge in [-0.05, 0) is 53.6 Å². The van der Waals surface area contributed by atoms with Crippen LogP contribution in [0.1, 0.15) is 10.4 Å². The van der Waals surface area contributed by atoms with E-state index in [1.54, 1.807) is 0 Å². The second kappa shape index (κ2) is 8.16. The van der Waals surface area contributed by atoms with Crippen molar-refractivity contribution in [1.82, 2.24) is 4.98 Å². The highest BCUT2D eigenvalue weighted by molar-refractivity contribution is 6.04. The fourth-order valence-electron chi connectivity index (χ4n) is 3.37. The van der Waals surface area contributed by atoms with Crippen LogP contribution in [0.4, 0.5) is 17.4 Å².